The van der Waals surface area contributed by atoms with Crippen molar-refractivity contribution in [3.05, 3.63) is 28.8 Å². The smallest absolute Gasteiger partial charge is 0.0545 e. The summed E-state index contributed by atoms with van der Waals surface area (Å²) < 4.78 is 0. The molecule has 1 rings (SSSR count). The van der Waals surface area contributed by atoms with Crippen molar-refractivity contribution in [2.24, 2.45) is 0 Å². The highest BCUT2D eigenvalue weighted by molar-refractivity contribution is 8.00. The molecule has 0 fully saturated rings. The number of aliphatic hydroxyl groups is 1. The standard InChI is InChI=1S/C15H24ClNOS/c1-11(8-9-18)19-14-12(6-5-7-13(14)16)10-17-15(2,3)4/h5-7,11,17-18H,8-10H2,1-4H3. The summed E-state index contributed by atoms with van der Waals surface area (Å²) in [6.45, 7) is 9.59. The third kappa shape index (κ3) is 6.17. The van der Waals surface area contributed by atoms with Crippen molar-refractivity contribution in [2.75, 3.05) is 6.61 Å². The number of thioether (sulfide) groups is 1. The molecule has 0 aliphatic rings. The summed E-state index contributed by atoms with van der Waals surface area (Å²) in [5, 5.41) is 13.6. The first-order chi connectivity index (χ1) is 8.83. The number of aliphatic hydroxyl groups excluding tert-OH is 1. The molecule has 0 bridgehead atoms. The van der Waals surface area contributed by atoms with Gasteiger partial charge in [0.1, 0.15) is 0 Å². The SMILES string of the molecule is CC(CCO)Sc1c(Cl)cccc1CNC(C)(C)C. The van der Waals surface area contributed by atoms with Crippen LogP contribution in [0.5, 0.6) is 0 Å². The minimum Gasteiger partial charge on any atom is -0.396 e. The third-order valence-corrected chi connectivity index (χ3v) is 4.50. The summed E-state index contributed by atoms with van der Waals surface area (Å²) in [6.07, 6.45) is 0.780. The van der Waals surface area contributed by atoms with Crippen LogP contribution in [0.25, 0.3) is 0 Å². The number of hydrogen-bond acceptors (Lipinski definition) is 3. The maximum absolute atomic E-state index is 9.00. The van der Waals surface area contributed by atoms with E-state index in [4.69, 9.17) is 16.7 Å². The minimum absolute atomic E-state index is 0.0843. The Hall–Kier alpha value is -0.220. The molecule has 0 saturated heterocycles. The van der Waals surface area contributed by atoms with Gasteiger partial charge in [-0.05, 0) is 38.8 Å². The Bertz CT molecular complexity index is 404. The van der Waals surface area contributed by atoms with Crippen LogP contribution in [0, 0.1) is 0 Å². The van der Waals surface area contributed by atoms with E-state index in [2.05, 4.69) is 39.1 Å². The second-order valence-corrected chi connectivity index (χ2v) is 7.63. The first-order valence-electron chi connectivity index (χ1n) is 6.63. The molecule has 19 heavy (non-hydrogen) atoms. The fraction of sp³-hybridized carbons (Fsp3) is 0.600. The van der Waals surface area contributed by atoms with Gasteiger partial charge in [0.05, 0.1) is 5.02 Å². The highest BCUT2D eigenvalue weighted by Crippen LogP contribution is 2.34. The zero-order valence-electron chi connectivity index (χ0n) is 12.2. The van der Waals surface area contributed by atoms with E-state index in [9.17, 15) is 0 Å². The van der Waals surface area contributed by atoms with Gasteiger partial charge in [0.2, 0.25) is 0 Å². The molecule has 0 spiro atoms. The molecule has 1 aromatic carbocycles. The van der Waals surface area contributed by atoms with E-state index in [0.29, 0.717) is 5.25 Å². The molecule has 0 heterocycles. The Labute approximate surface area is 125 Å². The quantitative estimate of drug-likeness (QED) is 0.776. The molecule has 0 amide bonds. The van der Waals surface area contributed by atoms with Crippen LogP contribution in [0.15, 0.2) is 23.1 Å². The van der Waals surface area contributed by atoms with Gasteiger partial charge < -0.3 is 10.4 Å². The van der Waals surface area contributed by atoms with Crippen LogP contribution in [0.1, 0.15) is 39.7 Å². The maximum Gasteiger partial charge on any atom is 0.0545 e. The van der Waals surface area contributed by atoms with Crippen LogP contribution in [0.2, 0.25) is 5.02 Å². The van der Waals surface area contributed by atoms with Crippen LogP contribution in [0.3, 0.4) is 0 Å². The normalized spacial score (nSPS) is 13.6. The van der Waals surface area contributed by atoms with Crippen LogP contribution in [0.4, 0.5) is 0 Å². The lowest BCUT2D eigenvalue weighted by atomic mass is 10.1. The molecule has 0 saturated carbocycles. The van der Waals surface area contributed by atoms with Gasteiger partial charge >= 0.3 is 0 Å². The molecule has 4 heteroatoms. The summed E-state index contributed by atoms with van der Waals surface area (Å²) in [7, 11) is 0. The Morgan fingerprint density at radius 2 is 2.05 bits per heavy atom. The van der Waals surface area contributed by atoms with Crippen molar-refractivity contribution in [1.82, 2.24) is 5.32 Å². The van der Waals surface area contributed by atoms with E-state index in [1.165, 1.54) is 5.56 Å². The highest BCUT2D eigenvalue weighted by Gasteiger charge is 2.14. The Balaban J connectivity index is 2.83. The van der Waals surface area contributed by atoms with E-state index in [1.54, 1.807) is 11.8 Å². The first kappa shape index (κ1) is 16.8. The first-order valence-corrected chi connectivity index (χ1v) is 7.89. The summed E-state index contributed by atoms with van der Waals surface area (Å²) in [6, 6.07) is 6.03. The number of halogens is 1. The third-order valence-electron chi connectivity index (χ3n) is 2.71. The number of rotatable bonds is 6. The maximum atomic E-state index is 9.00. The molecule has 108 valence electrons. The predicted molar refractivity (Wildman–Crippen MR) is 85.1 cm³/mol. The highest BCUT2D eigenvalue weighted by atomic mass is 35.5. The largest absolute Gasteiger partial charge is 0.396 e. The number of nitrogens with one attached hydrogen (secondary N) is 1. The number of benzene rings is 1. The Morgan fingerprint density at radius 3 is 2.63 bits per heavy atom. The van der Waals surface area contributed by atoms with Gasteiger partial charge in [-0.1, -0.05) is 30.7 Å². The zero-order chi connectivity index (χ0) is 14.5. The molecule has 1 aromatic rings. The predicted octanol–water partition coefficient (Wildman–Crippen LogP) is 4.09. The van der Waals surface area contributed by atoms with Crippen molar-refractivity contribution in [1.29, 1.82) is 0 Å². The molecule has 0 aromatic heterocycles. The van der Waals surface area contributed by atoms with E-state index >= 15 is 0 Å². The summed E-state index contributed by atoms with van der Waals surface area (Å²) in [5.41, 5.74) is 1.30. The topological polar surface area (TPSA) is 32.3 Å². The second kappa shape index (κ2) is 7.53. The molecule has 0 aliphatic carbocycles. The summed E-state index contributed by atoms with van der Waals surface area (Å²) in [5.74, 6) is 0. The van der Waals surface area contributed by atoms with Crippen molar-refractivity contribution >= 4 is 23.4 Å². The zero-order valence-corrected chi connectivity index (χ0v) is 13.7. The van der Waals surface area contributed by atoms with E-state index < -0.39 is 0 Å². The molecule has 2 nitrogen and oxygen atoms in total. The molecular formula is C15H24ClNOS. The lowest BCUT2D eigenvalue weighted by Gasteiger charge is -2.22. The van der Waals surface area contributed by atoms with Crippen LogP contribution in [-0.2, 0) is 6.54 Å². The monoisotopic (exact) mass is 301 g/mol. The van der Waals surface area contributed by atoms with Gasteiger partial charge in [-0.25, -0.2) is 0 Å². The fourth-order valence-electron chi connectivity index (χ4n) is 1.63. The lowest BCUT2D eigenvalue weighted by molar-refractivity contribution is 0.289. The molecule has 1 unspecified atom stereocenters. The molecule has 1 atom stereocenters. The van der Waals surface area contributed by atoms with Crippen molar-refractivity contribution in [3.8, 4) is 0 Å². The van der Waals surface area contributed by atoms with Gasteiger partial charge in [0.15, 0.2) is 0 Å². The molecular weight excluding hydrogens is 278 g/mol. The second-order valence-electron chi connectivity index (χ2n) is 5.77. The minimum atomic E-state index is 0.0843. The van der Waals surface area contributed by atoms with Crippen molar-refractivity contribution in [3.63, 3.8) is 0 Å². The van der Waals surface area contributed by atoms with E-state index in [-0.39, 0.29) is 12.1 Å². The fourth-order valence-corrected chi connectivity index (χ4v) is 3.05. The van der Waals surface area contributed by atoms with Crippen molar-refractivity contribution < 1.29 is 5.11 Å². The molecule has 2 N–H and O–H groups in total. The summed E-state index contributed by atoms with van der Waals surface area (Å²) in [4.78, 5) is 1.13. The average Bonchev–Trinajstić information content (AvgIpc) is 2.29. The van der Waals surface area contributed by atoms with Gasteiger partial charge in [0.25, 0.3) is 0 Å². The van der Waals surface area contributed by atoms with Gasteiger partial charge in [-0.2, -0.15) is 0 Å². The van der Waals surface area contributed by atoms with Gasteiger partial charge in [0, 0.05) is 28.8 Å². The number of hydrogen-bond donors (Lipinski definition) is 2. The average molecular weight is 302 g/mol. The van der Waals surface area contributed by atoms with Gasteiger partial charge in [-0.3, -0.25) is 0 Å². The Morgan fingerprint density at radius 1 is 1.37 bits per heavy atom. The molecule has 0 aliphatic heterocycles. The van der Waals surface area contributed by atoms with Gasteiger partial charge in [-0.15, -0.1) is 11.8 Å². The van der Waals surface area contributed by atoms with Crippen LogP contribution in [-0.4, -0.2) is 22.5 Å². The van der Waals surface area contributed by atoms with E-state index in [1.807, 2.05) is 12.1 Å². The lowest BCUT2D eigenvalue weighted by Crippen LogP contribution is -2.35. The molecule has 0 radical (unpaired) electrons. The van der Waals surface area contributed by atoms with Crippen molar-refractivity contribution in [2.45, 2.75) is 56.3 Å². The Kier molecular flexibility index (Phi) is 6.67. The summed E-state index contributed by atoms with van der Waals surface area (Å²) >= 11 is 8.05. The van der Waals surface area contributed by atoms with Crippen LogP contribution >= 0.6 is 23.4 Å². The van der Waals surface area contributed by atoms with Crippen LogP contribution < -0.4 is 5.32 Å². The van der Waals surface area contributed by atoms with E-state index in [0.717, 1.165) is 22.9 Å².